The number of Topliss-reactive ketones (excluding diaryl/α,β-unsaturated/α-hetero) is 1. The van der Waals surface area contributed by atoms with Gasteiger partial charge in [-0.1, -0.05) is 30.3 Å². The van der Waals surface area contributed by atoms with E-state index < -0.39 is 0 Å². The molecule has 0 saturated heterocycles. The molecule has 1 heterocycles. The third-order valence-electron chi connectivity index (χ3n) is 4.13. The van der Waals surface area contributed by atoms with Crippen LogP contribution in [0, 0.1) is 11.3 Å². The summed E-state index contributed by atoms with van der Waals surface area (Å²) in [6.45, 7) is 0. The smallest absolute Gasteiger partial charge is 0.165 e. The van der Waals surface area contributed by atoms with E-state index in [4.69, 9.17) is 0 Å². The molecule has 21 heavy (non-hydrogen) atoms. The largest absolute Gasteiger partial charge is 0.354 e. The zero-order valence-corrected chi connectivity index (χ0v) is 11.3. The van der Waals surface area contributed by atoms with Crippen molar-refractivity contribution in [1.82, 2.24) is 4.98 Å². The monoisotopic (exact) mass is 272 g/mol. The second-order valence-electron chi connectivity index (χ2n) is 5.29. The van der Waals surface area contributed by atoms with Crippen LogP contribution >= 0.6 is 0 Å². The number of nitriles is 1. The SMILES string of the molecule is N#Cc1ccc2[nH]c(-c3ccccc3)c3c2c1C(=O)CC3. The van der Waals surface area contributed by atoms with E-state index in [9.17, 15) is 10.1 Å². The summed E-state index contributed by atoms with van der Waals surface area (Å²) in [5.41, 5.74) is 5.34. The zero-order chi connectivity index (χ0) is 14.4. The maximum Gasteiger partial charge on any atom is 0.165 e. The molecule has 3 heteroatoms. The van der Waals surface area contributed by atoms with Gasteiger partial charge in [-0.2, -0.15) is 5.26 Å². The highest BCUT2D eigenvalue weighted by Gasteiger charge is 2.26. The molecule has 3 aromatic rings. The van der Waals surface area contributed by atoms with Gasteiger partial charge in [-0.3, -0.25) is 4.79 Å². The Balaban J connectivity index is 2.11. The Bertz CT molecular complexity index is 914. The van der Waals surface area contributed by atoms with Gasteiger partial charge < -0.3 is 4.98 Å². The average molecular weight is 272 g/mol. The van der Waals surface area contributed by atoms with Crippen LogP contribution in [0.5, 0.6) is 0 Å². The van der Waals surface area contributed by atoms with Crippen molar-refractivity contribution in [3.8, 4) is 17.3 Å². The van der Waals surface area contributed by atoms with Gasteiger partial charge in [0.2, 0.25) is 0 Å². The second-order valence-corrected chi connectivity index (χ2v) is 5.29. The number of ketones is 1. The van der Waals surface area contributed by atoms with Crippen molar-refractivity contribution >= 4 is 16.7 Å². The Morgan fingerprint density at radius 1 is 1.05 bits per heavy atom. The van der Waals surface area contributed by atoms with Crippen LogP contribution in [0.1, 0.15) is 27.9 Å². The number of carbonyl (C=O) groups is 1. The molecule has 100 valence electrons. The Kier molecular flexibility index (Phi) is 2.45. The summed E-state index contributed by atoms with van der Waals surface area (Å²) in [6, 6.07) is 15.9. The lowest BCUT2D eigenvalue weighted by Crippen LogP contribution is -2.10. The van der Waals surface area contributed by atoms with Gasteiger partial charge in [-0.15, -0.1) is 0 Å². The number of nitrogens with zero attached hydrogens (tertiary/aromatic N) is 1. The van der Waals surface area contributed by atoms with E-state index in [0.29, 0.717) is 17.5 Å². The number of carbonyl (C=O) groups excluding carboxylic acids is 1. The van der Waals surface area contributed by atoms with Crippen LogP contribution in [0.25, 0.3) is 22.2 Å². The number of H-pyrrole nitrogens is 1. The summed E-state index contributed by atoms with van der Waals surface area (Å²) in [7, 11) is 0. The molecule has 1 aliphatic rings. The van der Waals surface area contributed by atoms with E-state index in [1.807, 2.05) is 24.3 Å². The van der Waals surface area contributed by atoms with Crippen molar-refractivity contribution in [2.45, 2.75) is 12.8 Å². The van der Waals surface area contributed by atoms with Gasteiger partial charge >= 0.3 is 0 Å². The molecule has 0 fully saturated rings. The molecule has 1 aromatic heterocycles. The predicted molar refractivity (Wildman–Crippen MR) is 81.1 cm³/mol. The van der Waals surface area contributed by atoms with Gasteiger partial charge in [0.15, 0.2) is 5.78 Å². The molecule has 1 N–H and O–H groups in total. The molecular weight excluding hydrogens is 260 g/mol. The molecule has 2 aromatic carbocycles. The molecule has 0 unspecified atom stereocenters. The Labute approximate surface area is 121 Å². The highest BCUT2D eigenvalue weighted by Crippen LogP contribution is 2.38. The summed E-state index contributed by atoms with van der Waals surface area (Å²) in [6.07, 6.45) is 1.20. The Hall–Kier alpha value is -2.86. The summed E-state index contributed by atoms with van der Waals surface area (Å²) in [5, 5.41) is 10.2. The lowest BCUT2D eigenvalue weighted by Gasteiger charge is -2.13. The lowest BCUT2D eigenvalue weighted by atomic mass is 9.87. The van der Waals surface area contributed by atoms with E-state index in [2.05, 4.69) is 23.2 Å². The van der Waals surface area contributed by atoms with E-state index >= 15 is 0 Å². The molecule has 0 spiro atoms. The quantitative estimate of drug-likeness (QED) is 0.731. The first kappa shape index (κ1) is 11.9. The summed E-state index contributed by atoms with van der Waals surface area (Å²) >= 11 is 0. The van der Waals surface area contributed by atoms with Crippen LogP contribution in [-0.2, 0) is 6.42 Å². The minimum Gasteiger partial charge on any atom is -0.354 e. The van der Waals surface area contributed by atoms with Crippen LogP contribution in [-0.4, -0.2) is 10.8 Å². The van der Waals surface area contributed by atoms with Crippen molar-refractivity contribution in [2.75, 3.05) is 0 Å². The molecule has 1 aliphatic carbocycles. The van der Waals surface area contributed by atoms with Crippen LogP contribution in [0.2, 0.25) is 0 Å². The number of aromatic nitrogens is 1. The van der Waals surface area contributed by atoms with E-state index in [1.165, 1.54) is 0 Å². The predicted octanol–water partition coefficient (Wildman–Crippen LogP) is 3.84. The van der Waals surface area contributed by atoms with Gasteiger partial charge in [-0.25, -0.2) is 0 Å². The van der Waals surface area contributed by atoms with Crippen LogP contribution in [0.4, 0.5) is 0 Å². The Morgan fingerprint density at radius 2 is 1.86 bits per heavy atom. The minimum atomic E-state index is 0.0725. The Morgan fingerprint density at radius 3 is 2.62 bits per heavy atom. The molecule has 0 radical (unpaired) electrons. The van der Waals surface area contributed by atoms with Crippen molar-refractivity contribution in [3.63, 3.8) is 0 Å². The molecule has 0 amide bonds. The molecular formula is C18H12N2O. The van der Waals surface area contributed by atoms with Gasteiger partial charge in [0.25, 0.3) is 0 Å². The number of aromatic amines is 1. The van der Waals surface area contributed by atoms with Gasteiger partial charge in [0.05, 0.1) is 11.6 Å². The molecule has 3 nitrogen and oxygen atoms in total. The number of benzene rings is 2. The molecule has 0 aliphatic heterocycles. The fourth-order valence-corrected chi connectivity index (χ4v) is 3.20. The molecule has 0 bridgehead atoms. The highest BCUT2D eigenvalue weighted by atomic mass is 16.1. The molecule has 0 atom stereocenters. The average Bonchev–Trinajstić information content (AvgIpc) is 2.91. The van der Waals surface area contributed by atoms with Crippen molar-refractivity contribution in [1.29, 1.82) is 5.26 Å². The number of hydrogen-bond donors (Lipinski definition) is 1. The zero-order valence-electron chi connectivity index (χ0n) is 11.3. The topological polar surface area (TPSA) is 56.6 Å². The van der Waals surface area contributed by atoms with Crippen molar-refractivity contribution in [2.24, 2.45) is 0 Å². The second kappa shape index (κ2) is 4.32. The van der Waals surface area contributed by atoms with E-state index in [0.717, 1.165) is 34.1 Å². The first-order valence-corrected chi connectivity index (χ1v) is 6.96. The number of rotatable bonds is 1. The normalized spacial score (nSPS) is 13.4. The van der Waals surface area contributed by atoms with Crippen LogP contribution in [0.15, 0.2) is 42.5 Å². The van der Waals surface area contributed by atoms with Gasteiger partial charge in [-0.05, 0) is 29.7 Å². The lowest BCUT2D eigenvalue weighted by molar-refractivity contribution is 0.0982. The number of hydrogen-bond acceptors (Lipinski definition) is 2. The fraction of sp³-hybridized carbons (Fsp3) is 0.111. The van der Waals surface area contributed by atoms with Crippen LogP contribution < -0.4 is 0 Å². The van der Waals surface area contributed by atoms with Crippen molar-refractivity contribution < 1.29 is 4.79 Å². The van der Waals surface area contributed by atoms with Crippen LogP contribution in [0.3, 0.4) is 0 Å². The van der Waals surface area contributed by atoms with Gasteiger partial charge in [0, 0.05) is 28.6 Å². The van der Waals surface area contributed by atoms with Gasteiger partial charge in [0.1, 0.15) is 0 Å². The first-order chi connectivity index (χ1) is 10.3. The summed E-state index contributed by atoms with van der Waals surface area (Å²) in [4.78, 5) is 15.7. The number of nitrogens with one attached hydrogen (secondary N) is 1. The van der Waals surface area contributed by atoms with E-state index in [-0.39, 0.29) is 5.78 Å². The first-order valence-electron chi connectivity index (χ1n) is 6.96. The number of aryl methyl sites for hydroxylation is 1. The maximum absolute atomic E-state index is 12.2. The minimum absolute atomic E-state index is 0.0725. The maximum atomic E-state index is 12.2. The fourth-order valence-electron chi connectivity index (χ4n) is 3.20. The summed E-state index contributed by atoms with van der Waals surface area (Å²) in [5.74, 6) is 0.0725. The molecule has 0 saturated carbocycles. The highest BCUT2D eigenvalue weighted by molar-refractivity contribution is 6.14. The third kappa shape index (κ3) is 1.63. The van der Waals surface area contributed by atoms with E-state index in [1.54, 1.807) is 6.07 Å². The third-order valence-corrected chi connectivity index (χ3v) is 4.13. The standard InChI is InChI=1S/C18H12N2O/c19-10-12-6-8-14-17-13(7-9-15(21)16(12)17)18(20-14)11-4-2-1-3-5-11/h1-6,8,20H,7,9H2. The summed E-state index contributed by atoms with van der Waals surface area (Å²) < 4.78 is 0. The van der Waals surface area contributed by atoms with Crippen molar-refractivity contribution in [3.05, 3.63) is 59.2 Å². The molecule has 4 rings (SSSR count).